The van der Waals surface area contributed by atoms with Crippen LogP contribution in [0.2, 0.25) is 0 Å². The smallest absolute Gasteiger partial charge is 0.275 e. The third-order valence-corrected chi connectivity index (χ3v) is 6.20. The molecule has 1 amide bonds. The van der Waals surface area contributed by atoms with Crippen LogP contribution >= 0.6 is 11.8 Å². The van der Waals surface area contributed by atoms with Gasteiger partial charge in [0.25, 0.3) is 5.91 Å². The molecule has 1 aliphatic carbocycles. The number of nitrogens with one attached hydrogen (secondary N) is 1. The van der Waals surface area contributed by atoms with E-state index in [-0.39, 0.29) is 35.9 Å². The fourth-order valence-electron chi connectivity index (χ4n) is 3.93. The number of anilines is 1. The Morgan fingerprint density at radius 2 is 2.20 bits per heavy atom. The number of aliphatic imine (C=N–C) groups is 1. The average molecular weight is 437 g/mol. The number of hydrogen-bond donors (Lipinski definition) is 2. The molecule has 0 saturated heterocycles. The van der Waals surface area contributed by atoms with Gasteiger partial charge < -0.3 is 15.8 Å². The molecule has 3 atom stereocenters. The summed E-state index contributed by atoms with van der Waals surface area (Å²) in [4.78, 5) is 24.6. The monoisotopic (exact) mass is 437 g/mol. The predicted octanol–water partition coefficient (Wildman–Crippen LogP) is 3.18. The highest BCUT2D eigenvalue weighted by molar-refractivity contribution is 8.13. The van der Waals surface area contributed by atoms with Gasteiger partial charge in [0.2, 0.25) is 12.7 Å². The van der Waals surface area contributed by atoms with Gasteiger partial charge in [-0.3, -0.25) is 9.79 Å². The molecule has 158 valence electrons. The number of alkyl halides is 2. The van der Waals surface area contributed by atoms with Crippen molar-refractivity contribution in [3.8, 4) is 5.88 Å². The van der Waals surface area contributed by atoms with Gasteiger partial charge in [-0.2, -0.15) is 0 Å². The number of rotatable bonds is 5. The third-order valence-electron chi connectivity index (χ3n) is 5.24. The van der Waals surface area contributed by atoms with Crippen LogP contribution in [-0.4, -0.2) is 39.8 Å². The van der Waals surface area contributed by atoms with Crippen LogP contribution in [0.25, 0.3) is 0 Å². The zero-order valence-electron chi connectivity index (χ0n) is 15.6. The number of carbonyl (C=O) groups is 1. The summed E-state index contributed by atoms with van der Waals surface area (Å²) < 4.78 is 45.8. The summed E-state index contributed by atoms with van der Waals surface area (Å²) in [6, 6.07) is 4.06. The second-order valence-electron chi connectivity index (χ2n) is 7.06. The second kappa shape index (κ2) is 8.13. The molecular weight excluding hydrogens is 419 g/mol. The van der Waals surface area contributed by atoms with Gasteiger partial charge in [0.05, 0.1) is 17.9 Å². The number of ether oxygens (including phenoxy) is 1. The van der Waals surface area contributed by atoms with Crippen molar-refractivity contribution in [2.75, 3.05) is 17.9 Å². The van der Waals surface area contributed by atoms with Crippen molar-refractivity contribution < 1.29 is 22.7 Å². The number of aromatic nitrogens is 2. The highest BCUT2D eigenvalue weighted by atomic mass is 32.2. The first-order valence-corrected chi connectivity index (χ1v) is 10.1. The van der Waals surface area contributed by atoms with E-state index >= 15 is 0 Å². The molecule has 1 fully saturated rings. The molecule has 1 aromatic carbocycles. The quantitative estimate of drug-likeness (QED) is 0.745. The highest BCUT2D eigenvalue weighted by Crippen LogP contribution is 2.52. The van der Waals surface area contributed by atoms with Crippen LogP contribution in [-0.2, 0) is 5.54 Å². The zero-order chi connectivity index (χ0) is 21.3. The first-order valence-electron chi connectivity index (χ1n) is 9.15. The summed E-state index contributed by atoms with van der Waals surface area (Å²) in [6.45, 7) is -1.06. The van der Waals surface area contributed by atoms with Crippen molar-refractivity contribution >= 4 is 28.5 Å². The Labute approximate surface area is 174 Å². The third kappa shape index (κ3) is 3.81. The number of fused-ring (bicyclic) bond motifs is 1. The molecule has 0 bridgehead atoms. The van der Waals surface area contributed by atoms with Gasteiger partial charge in [-0.05, 0) is 24.6 Å². The van der Waals surface area contributed by atoms with Crippen LogP contribution in [0.3, 0.4) is 0 Å². The van der Waals surface area contributed by atoms with E-state index in [2.05, 4.69) is 25.0 Å². The molecule has 11 heteroatoms. The Balaban J connectivity index is 1.62. The molecule has 2 aromatic rings. The maximum absolute atomic E-state index is 14.8. The van der Waals surface area contributed by atoms with Gasteiger partial charge in [-0.25, -0.2) is 23.1 Å². The van der Waals surface area contributed by atoms with E-state index in [0.717, 1.165) is 12.4 Å². The molecule has 7 nitrogen and oxygen atoms in total. The number of nitrogens with two attached hydrogens (primary N) is 1. The lowest BCUT2D eigenvalue weighted by Crippen LogP contribution is -2.37. The van der Waals surface area contributed by atoms with Gasteiger partial charge >= 0.3 is 0 Å². The van der Waals surface area contributed by atoms with E-state index in [9.17, 15) is 18.0 Å². The summed E-state index contributed by atoms with van der Waals surface area (Å²) >= 11 is 1.33. The first-order chi connectivity index (χ1) is 14.4. The lowest BCUT2D eigenvalue weighted by atomic mass is 9.81. The Bertz CT molecular complexity index is 991. The van der Waals surface area contributed by atoms with Crippen LogP contribution < -0.4 is 15.8 Å². The second-order valence-corrected chi connectivity index (χ2v) is 8.10. The number of amidine groups is 1. The summed E-state index contributed by atoms with van der Waals surface area (Å²) in [5, 5.41) is 2.91. The van der Waals surface area contributed by atoms with Crippen LogP contribution in [0.1, 0.15) is 28.9 Å². The predicted molar refractivity (Wildman–Crippen MR) is 106 cm³/mol. The fraction of sp³-hybridized carbons (Fsp3) is 0.368. The van der Waals surface area contributed by atoms with Gasteiger partial charge in [-0.15, -0.1) is 0 Å². The maximum atomic E-state index is 14.8. The minimum atomic E-state index is -1.11. The minimum absolute atomic E-state index is 0.0365. The molecule has 0 radical (unpaired) electrons. The van der Waals surface area contributed by atoms with Gasteiger partial charge in [0, 0.05) is 29.3 Å². The molecule has 2 heterocycles. The number of thioether (sulfide) groups is 1. The lowest BCUT2D eigenvalue weighted by Gasteiger charge is -2.35. The van der Waals surface area contributed by atoms with E-state index in [1.807, 2.05) is 0 Å². The number of carbonyl (C=O) groups excluding carboxylic acids is 1. The standard InChI is InChI=1S/C19H18F3N5O2S/c20-9-29-16-7-24-15(6-25-16)17(28)26-12-1-2-14(22)13(4-12)19-5-11(21)3-10(19)8-30-18(23)27-19/h1-2,4,6-7,10-11H,3,5,8-9H2,(H2,23,27)(H,26,28)/t10-,11+,19-/m0/s1. The van der Waals surface area contributed by atoms with Crippen LogP contribution in [0.15, 0.2) is 35.6 Å². The molecule has 1 saturated carbocycles. The number of nitrogens with zero attached hydrogens (tertiary/aromatic N) is 3. The van der Waals surface area contributed by atoms with Crippen LogP contribution in [0, 0.1) is 11.7 Å². The Morgan fingerprint density at radius 3 is 2.93 bits per heavy atom. The summed E-state index contributed by atoms with van der Waals surface area (Å²) in [6.07, 6.45) is 1.46. The van der Waals surface area contributed by atoms with Crippen molar-refractivity contribution in [2.24, 2.45) is 16.6 Å². The molecule has 30 heavy (non-hydrogen) atoms. The maximum Gasteiger partial charge on any atom is 0.275 e. The van der Waals surface area contributed by atoms with Crippen molar-refractivity contribution in [3.63, 3.8) is 0 Å². The highest BCUT2D eigenvalue weighted by Gasteiger charge is 2.52. The van der Waals surface area contributed by atoms with Crippen LogP contribution in [0.4, 0.5) is 18.9 Å². The number of halogens is 3. The number of hydrogen-bond acceptors (Lipinski definition) is 7. The topological polar surface area (TPSA) is 102 Å². The molecule has 1 aromatic heterocycles. The fourth-order valence-corrected chi connectivity index (χ4v) is 4.94. The largest absolute Gasteiger partial charge is 0.445 e. The molecule has 2 aliphatic rings. The van der Waals surface area contributed by atoms with E-state index in [1.165, 1.54) is 30.0 Å². The molecule has 1 aliphatic heterocycles. The SMILES string of the molecule is NC1=N[C@@]2(c3cc(NC(=O)c4cnc(OCF)cn4)ccc3F)C[C@H](F)C[C@H]2CS1. The number of benzene rings is 1. The van der Waals surface area contributed by atoms with Gasteiger partial charge in [0.15, 0.2) is 5.17 Å². The Morgan fingerprint density at radius 1 is 1.37 bits per heavy atom. The Hall–Kier alpha value is -2.82. The first kappa shape index (κ1) is 20.5. The molecule has 4 rings (SSSR count). The molecular formula is C19H18F3N5O2S. The van der Waals surface area contributed by atoms with E-state index < -0.39 is 30.3 Å². The van der Waals surface area contributed by atoms with E-state index in [1.54, 1.807) is 0 Å². The lowest BCUT2D eigenvalue weighted by molar-refractivity contribution is 0.102. The van der Waals surface area contributed by atoms with Crippen LogP contribution in [0.5, 0.6) is 5.88 Å². The van der Waals surface area contributed by atoms with Gasteiger partial charge in [0.1, 0.15) is 17.7 Å². The Kier molecular flexibility index (Phi) is 5.54. The summed E-state index contributed by atoms with van der Waals surface area (Å²) in [5.74, 6) is -0.842. The zero-order valence-corrected chi connectivity index (χ0v) is 16.5. The molecule has 0 spiro atoms. The minimum Gasteiger partial charge on any atom is -0.445 e. The van der Waals surface area contributed by atoms with Crippen molar-refractivity contribution in [1.82, 2.24) is 9.97 Å². The summed E-state index contributed by atoms with van der Waals surface area (Å²) in [7, 11) is 0. The van der Waals surface area contributed by atoms with Crippen molar-refractivity contribution in [2.45, 2.75) is 24.6 Å². The van der Waals surface area contributed by atoms with Crippen molar-refractivity contribution in [3.05, 3.63) is 47.7 Å². The number of amides is 1. The molecule has 0 unspecified atom stereocenters. The summed E-state index contributed by atoms with van der Waals surface area (Å²) in [5.41, 5.74) is 5.25. The van der Waals surface area contributed by atoms with E-state index in [4.69, 9.17) is 5.73 Å². The van der Waals surface area contributed by atoms with Crippen molar-refractivity contribution in [1.29, 1.82) is 0 Å². The molecule has 3 N–H and O–H groups in total. The average Bonchev–Trinajstić information content (AvgIpc) is 3.06. The van der Waals surface area contributed by atoms with E-state index in [0.29, 0.717) is 16.6 Å². The normalized spacial score (nSPS) is 25.4. The van der Waals surface area contributed by atoms with Gasteiger partial charge in [-0.1, -0.05) is 11.8 Å².